The number of phosphoric acid groups is 1. The van der Waals surface area contributed by atoms with E-state index in [-0.39, 0.29) is 25.9 Å². The van der Waals surface area contributed by atoms with Crippen molar-refractivity contribution in [1.29, 1.82) is 0 Å². The quantitative estimate of drug-likeness (QED) is 0.0197. The Kier molecular flexibility index (Phi) is 49.3. The second-order valence-corrected chi connectivity index (χ2v) is 20.2. The van der Waals surface area contributed by atoms with Crippen LogP contribution in [-0.2, 0) is 42.2 Å². The molecule has 398 valence electrons. The molecule has 0 bridgehead atoms. The number of rotatable bonds is 52. The van der Waals surface area contributed by atoms with Crippen molar-refractivity contribution < 1.29 is 52.2 Å². The lowest BCUT2D eigenvalue weighted by atomic mass is 10.0. The predicted octanol–water partition coefficient (Wildman–Crippen LogP) is 16.0. The molecule has 0 spiro atoms. The van der Waals surface area contributed by atoms with Crippen LogP contribution in [-0.4, -0.2) is 66.5 Å². The van der Waals surface area contributed by atoms with Crippen LogP contribution in [0.2, 0.25) is 0 Å². The first-order valence-corrected chi connectivity index (χ1v) is 29.4. The van der Waals surface area contributed by atoms with Gasteiger partial charge in [-0.25, -0.2) is 4.57 Å². The van der Waals surface area contributed by atoms with Gasteiger partial charge in [-0.1, -0.05) is 231 Å². The van der Waals surface area contributed by atoms with Crippen molar-refractivity contribution in [3.8, 4) is 0 Å². The summed E-state index contributed by atoms with van der Waals surface area (Å²) in [6.07, 6.45) is 51.2. The molecule has 0 aromatic carbocycles. The number of aliphatic hydroxyl groups is 1. The molecule has 68 heavy (non-hydrogen) atoms. The maximum atomic E-state index is 12.9. The third-order valence-electron chi connectivity index (χ3n) is 12.1. The van der Waals surface area contributed by atoms with Crippen LogP contribution in [0.3, 0.4) is 0 Å². The SMILES string of the molecule is CC/C=C\C/C=C\C/C=C\CCCCCCCC(=O)OC(COC(=O)CCCCCCCCCCCCCCCCCCC)COP(=O)(O)OCC(CO)OC(=O)CCCCCCCCCCC. The van der Waals surface area contributed by atoms with Crippen molar-refractivity contribution in [2.75, 3.05) is 26.4 Å². The summed E-state index contributed by atoms with van der Waals surface area (Å²) in [6.45, 7) is 4.52. The van der Waals surface area contributed by atoms with E-state index in [1.54, 1.807) is 0 Å². The van der Waals surface area contributed by atoms with E-state index in [0.29, 0.717) is 19.3 Å². The highest BCUT2D eigenvalue weighted by Crippen LogP contribution is 2.43. The molecule has 0 heterocycles. The average molecular weight is 983 g/mol. The van der Waals surface area contributed by atoms with Gasteiger partial charge in [0.1, 0.15) is 12.7 Å². The molecule has 0 aliphatic rings. The van der Waals surface area contributed by atoms with E-state index in [9.17, 15) is 28.9 Å². The van der Waals surface area contributed by atoms with Crippen LogP contribution >= 0.6 is 7.82 Å². The van der Waals surface area contributed by atoms with Crippen LogP contribution < -0.4 is 0 Å². The van der Waals surface area contributed by atoms with E-state index < -0.39 is 57.8 Å². The minimum atomic E-state index is -4.74. The summed E-state index contributed by atoms with van der Waals surface area (Å²) in [4.78, 5) is 48.4. The highest BCUT2D eigenvalue weighted by Gasteiger charge is 2.28. The molecule has 0 fully saturated rings. The molecule has 2 N–H and O–H groups in total. The molecule has 11 nitrogen and oxygen atoms in total. The Hall–Kier alpha value is -2.30. The third-order valence-corrected chi connectivity index (χ3v) is 13.0. The monoisotopic (exact) mass is 983 g/mol. The first kappa shape index (κ1) is 65.7. The zero-order chi connectivity index (χ0) is 49.9. The number of carbonyl (C=O) groups excluding carboxylic acids is 3. The molecular weight excluding hydrogens is 880 g/mol. The largest absolute Gasteiger partial charge is 0.472 e. The molecule has 0 amide bonds. The van der Waals surface area contributed by atoms with Gasteiger partial charge in [-0.05, 0) is 51.4 Å². The third kappa shape index (κ3) is 48.7. The predicted molar refractivity (Wildman–Crippen MR) is 279 cm³/mol. The summed E-state index contributed by atoms with van der Waals surface area (Å²) in [7, 11) is -4.74. The van der Waals surface area contributed by atoms with Crippen LogP contribution in [0.15, 0.2) is 36.5 Å². The summed E-state index contributed by atoms with van der Waals surface area (Å²) < 4.78 is 39.4. The first-order valence-electron chi connectivity index (χ1n) is 27.9. The number of hydrogen-bond acceptors (Lipinski definition) is 10. The number of ether oxygens (including phenoxy) is 3. The van der Waals surface area contributed by atoms with Crippen molar-refractivity contribution in [1.82, 2.24) is 0 Å². The van der Waals surface area contributed by atoms with E-state index in [1.807, 2.05) is 0 Å². The lowest BCUT2D eigenvalue weighted by Crippen LogP contribution is -2.30. The zero-order valence-corrected chi connectivity index (χ0v) is 44.7. The Bertz CT molecular complexity index is 1280. The molecule has 0 aromatic rings. The Morgan fingerprint density at radius 3 is 1.18 bits per heavy atom. The van der Waals surface area contributed by atoms with Gasteiger partial charge in [0.2, 0.25) is 0 Å². The maximum Gasteiger partial charge on any atom is 0.472 e. The molecule has 0 radical (unpaired) electrons. The smallest absolute Gasteiger partial charge is 0.462 e. The van der Waals surface area contributed by atoms with E-state index in [4.69, 9.17) is 23.3 Å². The molecule has 0 aliphatic heterocycles. The second-order valence-electron chi connectivity index (χ2n) is 18.7. The summed E-state index contributed by atoms with van der Waals surface area (Å²) in [5.41, 5.74) is 0. The van der Waals surface area contributed by atoms with Crippen molar-refractivity contribution in [2.45, 2.75) is 277 Å². The minimum Gasteiger partial charge on any atom is -0.462 e. The van der Waals surface area contributed by atoms with Gasteiger partial charge in [0, 0.05) is 19.3 Å². The molecule has 3 unspecified atom stereocenters. The molecule has 0 saturated carbocycles. The van der Waals surface area contributed by atoms with Gasteiger partial charge in [0.15, 0.2) is 6.10 Å². The number of carbonyl (C=O) groups is 3. The summed E-state index contributed by atoms with van der Waals surface area (Å²) in [5, 5.41) is 9.76. The van der Waals surface area contributed by atoms with Gasteiger partial charge in [-0.3, -0.25) is 23.4 Å². The van der Waals surface area contributed by atoms with Gasteiger partial charge in [0.05, 0.1) is 19.8 Å². The average Bonchev–Trinajstić information content (AvgIpc) is 3.32. The van der Waals surface area contributed by atoms with Crippen LogP contribution in [0.5, 0.6) is 0 Å². The second kappa shape index (κ2) is 51.1. The van der Waals surface area contributed by atoms with Crippen LogP contribution in [0, 0.1) is 0 Å². The van der Waals surface area contributed by atoms with E-state index >= 15 is 0 Å². The zero-order valence-electron chi connectivity index (χ0n) is 43.8. The van der Waals surface area contributed by atoms with Crippen molar-refractivity contribution in [3.05, 3.63) is 36.5 Å². The highest BCUT2D eigenvalue weighted by atomic mass is 31.2. The molecule has 0 aliphatic carbocycles. The van der Waals surface area contributed by atoms with Crippen molar-refractivity contribution >= 4 is 25.7 Å². The van der Waals surface area contributed by atoms with Crippen molar-refractivity contribution in [2.24, 2.45) is 0 Å². The topological polar surface area (TPSA) is 155 Å². The standard InChI is InChI=1S/C56H103O11P/c1-4-7-10-13-16-19-21-23-25-26-28-29-31-34-36-39-42-45-54(58)63-49-53(67-56(60)47-44-41-38-35-32-30-27-24-22-20-17-14-11-8-5-2)51-65-68(61,62)64-50-52(48-57)66-55(59)46-43-40-37-33-18-15-12-9-6-3/h8,11,17,20,24,27,52-53,57H,4-7,9-10,12-16,18-19,21-23,25-26,28-51H2,1-3H3,(H,61,62)/b11-8-,20-17-,27-24-. The molecule has 0 rings (SSSR count). The van der Waals surface area contributed by atoms with E-state index in [0.717, 1.165) is 89.9 Å². The molecule has 0 aromatic heterocycles. The van der Waals surface area contributed by atoms with Gasteiger partial charge in [-0.15, -0.1) is 0 Å². The van der Waals surface area contributed by atoms with Gasteiger partial charge in [-0.2, -0.15) is 0 Å². The molecule has 0 saturated heterocycles. The van der Waals surface area contributed by atoms with Gasteiger partial charge >= 0.3 is 25.7 Å². The van der Waals surface area contributed by atoms with Gasteiger partial charge in [0.25, 0.3) is 0 Å². The number of unbranched alkanes of at least 4 members (excludes halogenated alkanes) is 29. The Balaban J connectivity index is 4.71. The number of esters is 3. The number of allylic oxidation sites excluding steroid dienone is 6. The normalized spacial score (nSPS) is 13.7. The Morgan fingerprint density at radius 1 is 0.426 bits per heavy atom. The molecule has 12 heteroatoms. The van der Waals surface area contributed by atoms with Gasteiger partial charge < -0.3 is 24.2 Å². The number of phosphoric ester groups is 1. The molecule has 3 atom stereocenters. The van der Waals surface area contributed by atoms with E-state index in [2.05, 4.69) is 57.2 Å². The Morgan fingerprint density at radius 2 is 0.765 bits per heavy atom. The Labute approximate surface area is 416 Å². The summed E-state index contributed by atoms with van der Waals surface area (Å²) >= 11 is 0. The first-order chi connectivity index (χ1) is 33.2. The molecular formula is C56H103O11P. The maximum absolute atomic E-state index is 12.9. The highest BCUT2D eigenvalue weighted by molar-refractivity contribution is 7.47. The van der Waals surface area contributed by atoms with E-state index in [1.165, 1.54) is 116 Å². The van der Waals surface area contributed by atoms with Crippen molar-refractivity contribution in [3.63, 3.8) is 0 Å². The fourth-order valence-electron chi connectivity index (χ4n) is 7.84. The van der Waals surface area contributed by atoms with Crippen LogP contribution in [0.1, 0.15) is 265 Å². The summed E-state index contributed by atoms with van der Waals surface area (Å²) in [6, 6.07) is 0. The summed E-state index contributed by atoms with van der Waals surface area (Å²) in [5.74, 6) is -1.47. The number of aliphatic hydroxyl groups excluding tert-OH is 1. The fraction of sp³-hybridized carbons (Fsp3) is 0.839. The fourth-order valence-corrected chi connectivity index (χ4v) is 8.63. The van der Waals surface area contributed by atoms with Crippen LogP contribution in [0.4, 0.5) is 0 Å². The van der Waals surface area contributed by atoms with Crippen LogP contribution in [0.25, 0.3) is 0 Å². The lowest BCUT2D eigenvalue weighted by Gasteiger charge is -2.21. The number of hydrogen-bond donors (Lipinski definition) is 2. The lowest BCUT2D eigenvalue weighted by molar-refractivity contribution is -0.161. The minimum absolute atomic E-state index is 0.152.